The Morgan fingerprint density at radius 2 is 1.88 bits per heavy atom. The average molecular weight is 351 g/mol. The highest BCUT2D eigenvalue weighted by Crippen LogP contribution is 2.16. The van der Waals surface area contributed by atoms with Gasteiger partial charge in [-0.2, -0.15) is 0 Å². The molecule has 0 atom stereocenters. The van der Waals surface area contributed by atoms with Crippen molar-refractivity contribution in [1.82, 2.24) is 20.1 Å². The van der Waals surface area contributed by atoms with Gasteiger partial charge in [0, 0.05) is 36.9 Å². The number of urea groups is 1. The maximum absolute atomic E-state index is 12.2. The lowest BCUT2D eigenvalue weighted by Crippen LogP contribution is -2.51. The molecule has 24 heavy (non-hydrogen) atoms. The lowest BCUT2D eigenvalue weighted by atomic mass is 10.3. The molecule has 0 bridgehead atoms. The Balaban J connectivity index is 1.56. The van der Waals surface area contributed by atoms with Crippen LogP contribution < -0.4 is 11.1 Å². The fourth-order valence-corrected chi connectivity index (χ4v) is 2.57. The van der Waals surface area contributed by atoms with Crippen LogP contribution in [-0.4, -0.2) is 58.2 Å². The van der Waals surface area contributed by atoms with Gasteiger partial charge in [0.15, 0.2) is 0 Å². The van der Waals surface area contributed by atoms with E-state index < -0.39 is 0 Å². The van der Waals surface area contributed by atoms with Crippen molar-refractivity contribution in [2.75, 3.05) is 37.2 Å². The number of halogens is 1. The highest BCUT2D eigenvalue weighted by Gasteiger charge is 2.28. The molecule has 3 rings (SSSR count). The van der Waals surface area contributed by atoms with Gasteiger partial charge in [-0.15, -0.1) is 0 Å². The molecule has 1 aromatic carbocycles. The Morgan fingerprint density at radius 3 is 2.50 bits per heavy atom. The van der Waals surface area contributed by atoms with Gasteiger partial charge in [0.2, 0.25) is 11.5 Å². The first-order chi connectivity index (χ1) is 11.5. The molecule has 3 amide bonds. The average Bonchev–Trinajstić information content (AvgIpc) is 3.00. The van der Waals surface area contributed by atoms with E-state index in [9.17, 15) is 9.59 Å². The molecule has 1 aromatic heterocycles. The SMILES string of the molecule is Nc1nonc1C(=O)N1CCN(C(=O)Nc2cccc(Cl)c2)CC1. The highest BCUT2D eigenvalue weighted by molar-refractivity contribution is 6.30. The minimum absolute atomic E-state index is 0.00757. The van der Waals surface area contributed by atoms with Gasteiger partial charge in [0.05, 0.1) is 0 Å². The number of nitrogens with two attached hydrogens (primary N) is 1. The smallest absolute Gasteiger partial charge is 0.321 e. The number of benzene rings is 1. The lowest BCUT2D eigenvalue weighted by Gasteiger charge is -2.34. The summed E-state index contributed by atoms with van der Waals surface area (Å²) in [6.45, 7) is 1.52. The summed E-state index contributed by atoms with van der Waals surface area (Å²) in [4.78, 5) is 27.7. The van der Waals surface area contributed by atoms with Crippen molar-refractivity contribution in [2.24, 2.45) is 0 Å². The van der Waals surface area contributed by atoms with Crippen molar-refractivity contribution in [3.63, 3.8) is 0 Å². The van der Waals surface area contributed by atoms with Gasteiger partial charge in [-0.3, -0.25) is 4.79 Å². The molecule has 9 nitrogen and oxygen atoms in total. The molecule has 1 saturated heterocycles. The summed E-state index contributed by atoms with van der Waals surface area (Å²) in [5, 5.41) is 10.2. The summed E-state index contributed by atoms with van der Waals surface area (Å²) in [7, 11) is 0. The van der Waals surface area contributed by atoms with E-state index >= 15 is 0 Å². The number of piperazine rings is 1. The van der Waals surface area contributed by atoms with E-state index in [-0.39, 0.29) is 23.5 Å². The highest BCUT2D eigenvalue weighted by atomic mass is 35.5. The zero-order valence-electron chi connectivity index (χ0n) is 12.6. The molecule has 0 unspecified atom stereocenters. The summed E-state index contributed by atoms with van der Waals surface area (Å²) in [6.07, 6.45) is 0. The first-order valence-electron chi connectivity index (χ1n) is 7.23. The van der Waals surface area contributed by atoms with Crippen molar-refractivity contribution in [2.45, 2.75) is 0 Å². The Kier molecular flexibility index (Phi) is 4.52. The van der Waals surface area contributed by atoms with Gasteiger partial charge in [0.1, 0.15) is 0 Å². The van der Waals surface area contributed by atoms with Crippen LogP contribution in [0.15, 0.2) is 28.9 Å². The third kappa shape index (κ3) is 3.40. The molecule has 3 N–H and O–H groups in total. The Morgan fingerprint density at radius 1 is 1.17 bits per heavy atom. The molecule has 1 aliphatic rings. The zero-order valence-corrected chi connectivity index (χ0v) is 13.4. The van der Waals surface area contributed by atoms with E-state index in [2.05, 4.69) is 20.3 Å². The molecule has 0 spiro atoms. The second-order valence-corrected chi connectivity index (χ2v) is 5.65. The van der Waals surface area contributed by atoms with E-state index in [1.165, 1.54) is 0 Å². The Bertz CT molecular complexity index is 756. The molecule has 0 aliphatic carbocycles. The van der Waals surface area contributed by atoms with Gasteiger partial charge in [0.25, 0.3) is 5.91 Å². The maximum atomic E-state index is 12.2. The van der Waals surface area contributed by atoms with Gasteiger partial charge in [-0.05, 0) is 28.5 Å². The van der Waals surface area contributed by atoms with Gasteiger partial charge >= 0.3 is 6.03 Å². The number of anilines is 2. The van der Waals surface area contributed by atoms with E-state index in [0.717, 1.165) is 0 Å². The minimum atomic E-state index is -0.358. The molecule has 1 fully saturated rings. The molecule has 2 aromatic rings. The van der Waals surface area contributed by atoms with Gasteiger partial charge in [-0.25, -0.2) is 9.42 Å². The van der Waals surface area contributed by atoms with Crippen molar-refractivity contribution < 1.29 is 14.2 Å². The molecule has 126 valence electrons. The van der Waals surface area contributed by atoms with E-state index in [0.29, 0.717) is 36.9 Å². The van der Waals surface area contributed by atoms with Crippen molar-refractivity contribution in [1.29, 1.82) is 0 Å². The van der Waals surface area contributed by atoms with Crippen molar-refractivity contribution in [3.05, 3.63) is 35.0 Å². The molecule has 2 heterocycles. The summed E-state index contributed by atoms with van der Waals surface area (Å²) >= 11 is 5.89. The molecule has 1 aliphatic heterocycles. The van der Waals surface area contributed by atoms with Crippen LogP contribution in [0.25, 0.3) is 0 Å². The zero-order chi connectivity index (χ0) is 17.1. The number of carbonyl (C=O) groups excluding carboxylic acids is 2. The van der Waals surface area contributed by atoms with Gasteiger partial charge in [-0.1, -0.05) is 17.7 Å². The van der Waals surface area contributed by atoms with Gasteiger partial charge < -0.3 is 20.9 Å². The summed E-state index contributed by atoms with van der Waals surface area (Å²) in [5.41, 5.74) is 6.13. The largest absolute Gasteiger partial charge is 0.379 e. The number of carbonyl (C=O) groups is 2. The van der Waals surface area contributed by atoms with Crippen molar-refractivity contribution >= 4 is 35.0 Å². The maximum Gasteiger partial charge on any atom is 0.321 e. The number of rotatable bonds is 2. The standard InChI is InChI=1S/C14H15ClN6O3/c15-9-2-1-3-10(8-9)17-14(23)21-6-4-20(5-7-21)13(22)11-12(16)19-24-18-11/h1-3,8H,4-7H2,(H2,16,19)(H,17,23). The summed E-state index contributed by atoms with van der Waals surface area (Å²) in [5.74, 6) is -0.398. The predicted molar refractivity (Wildman–Crippen MR) is 86.7 cm³/mol. The molecule has 10 heteroatoms. The fourth-order valence-electron chi connectivity index (χ4n) is 2.37. The summed E-state index contributed by atoms with van der Waals surface area (Å²) in [6, 6.07) is 6.66. The Hall–Kier alpha value is -2.81. The number of hydrogen-bond acceptors (Lipinski definition) is 6. The topological polar surface area (TPSA) is 118 Å². The third-order valence-electron chi connectivity index (χ3n) is 3.65. The van der Waals surface area contributed by atoms with E-state index in [4.69, 9.17) is 17.3 Å². The normalized spacial score (nSPS) is 14.5. The number of hydrogen-bond donors (Lipinski definition) is 2. The lowest BCUT2D eigenvalue weighted by molar-refractivity contribution is 0.0661. The first kappa shape index (κ1) is 16.1. The first-order valence-corrected chi connectivity index (χ1v) is 7.61. The number of amides is 3. The predicted octanol–water partition coefficient (Wildman–Crippen LogP) is 1.30. The van der Waals surface area contributed by atoms with Crippen LogP contribution in [0.3, 0.4) is 0 Å². The van der Waals surface area contributed by atoms with Crippen LogP contribution >= 0.6 is 11.6 Å². The molecule has 0 saturated carbocycles. The molecular formula is C14H15ClN6O3. The Labute approximate surface area is 142 Å². The molecule has 0 radical (unpaired) electrons. The number of nitrogens with one attached hydrogen (secondary N) is 1. The van der Waals surface area contributed by atoms with E-state index in [1.807, 2.05) is 0 Å². The van der Waals surface area contributed by atoms with Crippen LogP contribution in [-0.2, 0) is 0 Å². The number of nitrogens with zero attached hydrogens (tertiary/aromatic N) is 4. The second kappa shape index (κ2) is 6.75. The minimum Gasteiger partial charge on any atom is -0.379 e. The fraction of sp³-hybridized carbons (Fsp3) is 0.286. The van der Waals surface area contributed by atoms with Crippen LogP contribution in [0.2, 0.25) is 5.02 Å². The summed E-state index contributed by atoms with van der Waals surface area (Å²) < 4.78 is 4.43. The van der Waals surface area contributed by atoms with Crippen LogP contribution in [0.1, 0.15) is 10.5 Å². The number of aromatic nitrogens is 2. The number of nitrogen functional groups attached to an aromatic ring is 1. The quantitative estimate of drug-likeness (QED) is 0.842. The van der Waals surface area contributed by atoms with Crippen molar-refractivity contribution in [3.8, 4) is 0 Å². The molecular weight excluding hydrogens is 336 g/mol. The third-order valence-corrected chi connectivity index (χ3v) is 3.88. The van der Waals surface area contributed by atoms with Crippen LogP contribution in [0.4, 0.5) is 16.3 Å². The van der Waals surface area contributed by atoms with Crippen LogP contribution in [0, 0.1) is 0 Å². The second-order valence-electron chi connectivity index (χ2n) is 5.22. The monoisotopic (exact) mass is 350 g/mol. The van der Waals surface area contributed by atoms with Crippen LogP contribution in [0.5, 0.6) is 0 Å². The van der Waals surface area contributed by atoms with E-state index in [1.54, 1.807) is 34.1 Å².